The first-order chi connectivity index (χ1) is 13.4. The first-order valence-corrected chi connectivity index (χ1v) is 9.51. The third kappa shape index (κ3) is 4.77. The Hall–Kier alpha value is -3.13. The van der Waals surface area contributed by atoms with Crippen LogP contribution in [-0.4, -0.2) is 22.1 Å². The SMILES string of the molecule is CC(C)c1[nH]nc(C(=O)Nc2ccc(NC(=O)Nc3ccccc3)cc2)c1Br. The summed E-state index contributed by atoms with van der Waals surface area (Å²) in [7, 11) is 0. The van der Waals surface area contributed by atoms with Crippen LogP contribution in [0.15, 0.2) is 59.1 Å². The third-order valence-corrected chi connectivity index (χ3v) is 4.76. The minimum Gasteiger partial charge on any atom is -0.321 e. The predicted molar refractivity (Wildman–Crippen MR) is 114 cm³/mol. The summed E-state index contributed by atoms with van der Waals surface area (Å²) in [6.45, 7) is 4.03. The highest BCUT2D eigenvalue weighted by molar-refractivity contribution is 9.10. The molecule has 0 saturated heterocycles. The Kier molecular flexibility index (Phi) is 6.10. The molecule has 4 N–H and O–H groups in total. The fraction of sp³-hybridized carbons (Fsp3) is 0.150. The zero-order chi connectivity index (χ0) is 20.1. The highest BCUT2D eigenvalue weighted by atomic mass is 79.9. The number of H-pyrrole nitrogens is 1. The van der Waals surface area contributed by atoms with Crippen molar-refractivity contribution in [2.24, 2.45) is 0 Å². The summed E-state index contributed by atoms with van der Waals surface area (Å²) < 4.78 is 0.663. The van der Waals surface area contributed by atoms with Crippen LogP contribution in [0.4, 0.5) is 21.9 Å². The molecule has 0 spiro atoms. The quantitative estimate of drug-likeness (QED) is 0.438. The Morgan fingerprint density at radius 2 is 1.43 bits per heavy atom. The molecule has 28 heavy (non-hydrogen) atoms. The molecule has 0 radical (unpaired) electrons. The Morgan fingerprint density at radius 1 is 0.893 bits per heavy atom. The lowest BCUT2D eigenvalue weighted by Gasteiger charge is -2.09. The van der Waals surface area contributed by atoms with Gasteiger partial charge in [0.05, 0.1) is 10.2 Å². The summed E-state index contributed by atoms with van der Waals surface area (Å²) in [4.78, 5) is 24.4. The summed E-state index contributed by atoms with van der Waals surface area (Å²) in [5.74, 6) is -0.103. The van der Waals surface area contributed by atoms with Crippen molar-refractivity contribution in [3.05, 3.63) is 70.5 Å². The van der Waals surface area contributed by atoms with Gasteiger partial charge >= 0.3 is 6.03 Å². The van der Waals surface area contributed by atoms with Crippen LogP contribution >= 0.6 is 15.9 Å². The Bertz CT molecular complexity index is 968. The van der Waals surface area contributed by atoms with Crippen LogP contribution in [0.2, 0.25) is 0 Å². The smallest absolute Gasteiger partial charge is 0.321 e. The molecule has 0 aliphatic carbocycles. The van der Waals surface area contributed by atoms with Gasteiger partial charge in [0.15, 0.2) is 5.69 Å². The number of aromatic amines is 1. The lowest BCUT2D eigenvalue weighted by molar-refractivity contribution is 0.102. The number of amides is 3. The number of anilines is 3. The maximum Gasteiger partial charge on any atom is 0.323 e. The van der Waals surface area contributed by atoms with E-state index in [4.69, 9.17) is 0 Å². The van der Waals surface area contributed by atoms with E-state index in [1.165, 1.54) is 0 Å². The minimum atomic E-state index is -0.343. The number of nitrogens with one attached hydrogen (secondary N) is 4. The van der Waals surface area contributed by atoms with Gasteiger partial charge in [-0.25, -0.2) is 4.79 Å². The number of carbonyl (C=O) groups is 2. The van der Waals surface area contributed by atoms with Crippen molar-refractivity contribution < 1.29 is 9.59 Å². The average Bonchev–Trinajstić information content (AvgIpc) is 3.06. The maximum atomic E-state index is 12.4. The average molecular weight is 442 g/mol. The third-order valence-electron chi connectivity index (χ3n) is 3.96. The van der Waals surface area contributed by atoms with Crippen molar-refractivity contribution in [3.63, 3.8) is 0 Å². The van der Waals surface area contributed by atoms with Crippen LogP contribution in [0.5, 0.6) is 0 Å². The van der Waals surface area contributed by atoms with Gasteiger partial charge in [-0.05, 0) is 58.2 Å². The molecule has 7 nitrogen and oxygen atoms in total. The zero-order valence-electron chi connectivity index (χ0n) is 15.4. The number of benzene rings is 2. The highest BCUT2D eigenvalue weighted by Gasteiger charge is 2.19. The van der Waals surface area contributed by atoms with Gasteiger partial charge in [-0.3, -0.25) is 9.89 Å². The van der Waals surface area contributed by atoms with E-state index in [-0.39, 0.29) is 17.9 Å². The van der Waals surface area contributed by atoms with Crippen molar-refractivity contribution in [1.29, 1.82) is 0 Å². The molecule has 0 bridgehead atoms. The molecule has 3 rings (SSSR count). The lowest BCUT2D eigenvalue weighted by atomic mass is 10.1. The molecule has 0 atom stereocenters. The number of aromatic nitrogens is 2. The molecule has 1 aromatic heterocycles. The van der Waals surface area contributed by atoms with Crippen LogP contribution in [0, 0.1) is 0 Å². The molecule has 2 aromatic carbocycles. The van der Waals surface area contributed by atoms with E-state index in [2.05, 4.69) is 42.1 Å². The summed E-state index contributed by atoms with van der Waals surface area (Å²) in [5, 5.41) is 15.2. The molecule has 3 aromatic rings. The molecule has 0 aliphatic rings. The van der Waals surface area contributed by atoms with E-state index in [9.17, 15) is 9.59 Å². The Morgan fingerprint density at radius 3 is 1.96 bits per heavy atom. The second-order valence-electron chi connectivity index (χ2n) is 6.43. The fourth-order valence-electron chi connectivity index (χ4n) is 2.52. The molecular weight excluding hydrogens is 422 g/mol. The van der Waals surface area contributed by atoms with Crippen molar-refractivity contribution in [2.75, 3.05) is 16.0 Å². The number of rotatable bonds is 5. The maximum absolute atomic E-state index is 12.4. The van der Waals surface area contributed by atoms with Crippen LogP contribution in [-0.2, 0) is 0 Å². The molecular formula is C20H20BrN5O2. The van der Waals surface area contributed by atoms with Gasteiger partial charge in [0, 0.05) is 17.1 Å². The molecule has 144 valence electrons. The van der Waals surface area contributed by atoms with Gasteiger partial charge in [0.2, 0.25) is 0 Å². The number of hydrogen-bond acceptors (Lipinski definition) is 3. The molecule has 0 saturated carbocycles. The van der Waals surface area contributed by atoms with E-state index in [0.29, 0.717) is 27.2 Å². The Balaban J connectivity index is 1.60. The second-order valence-corrected chi connectivity index (χ2v) is 7.22. The van der Waals surface area contributed by atoms with Crippen LogP contribution < -0.4 is 16.0 Å². The number of halogens is 1. The van der Waals surface area contributed by atoms with E-state index in [1.54, 1.807) is 36.4 Å². The first kappa shape index (κ1) is 19.6. The van der Waals surface area contributed by atoms with Gasteiger partial charge in [-0.2, -0.15) is 5.10 Å². The fourth-order valence-corrected chi connectivity index (χ4v) is 3.33. The number of hydrogen-bond donors (Lipinski definition) is 4. The minimum absolute atomic E-state index is 0.218. The van der Waals surface area contributed by atoms with Gasteiger partial charge < -0.3 is 16.0 Å². The van der Waals surface area contributed by atoms with Crippen LogP contribution in [0.3, 0.4) is 0 Å². The van der Waals surface area contributed by atoms with Gasteiger partial charge in [-0.15, -0.1) is 0 Å². The monoisotopic (exact) mass is 441 g/mol. The van der Waals surface area contributed by atoms with Crippen molar-refractivity contribution in [1.82, 2.24) is 10.2 Å². The van der Waals surface area contributed by atoms with E-state index in [0.717, 1.165) is 5.69 Å². The number of urea groups is 1. The summed E-state index contributed by atoms with van der Waals surface area (Å²) in [6, 6.07) is 15.7. The second kappa shape index (κ2) is 8.71. The Labute approximate surface area is 171 Å². The highest BCUT2D eigenvalue weighted by Crippen LogP contribution is 2.26. The van der Waals surface area contributed by atoms with E-state index in [1.807, 2.05) is 32.0 Å². The molecule has 1 heterocycles. The molecule has 3 amide bonds. The standard InChI is InChI=1S/C20H20BrN5O2/c1-12(2)17-16(21)18(26-25-17)19(27)22-14-8-10-15(11-9-14)24-20(28)23-13-6-4-3-5-7-13/h3-12H,1-2H3,(H,22,27)(H,25,26)(H2,23,24,28). The lowest BCUT2D eigenvalue weighted by Crippen LogP contribution is -2.19. The molecule has 0 fully saturated rings. The number of para-hydroxylation sites is 1. The zero-order valence-corrected chi connectivity index (χ0v) is 17.0. The van der Waals surface area contributed by atoms with Crippen molar-refractivity contribution in [2.45, 2.75) is 19.8 Å². The molecule has 0 unspecified atom stereocenters. The topological polar surface area (TPSA) is 98.9 Å². The van der Waals surface area contributed by atoms with Gasteiger partial charge in [-0.1, -0.05) is 32.0 Å². The molecule has 0 aliphatic heterocycles. The summed E-state index contributed by atoms with van der Waals surface area (Å²) in [6.07, 6.45) is 0. The van der Waals surface area contributed by atoms with Gasteiger partial charge in [0.25, 0.3) is 5.91 Å². The van der Waals surface area contributed by atoms with E-state index >= 15 is 0 Å². The summed E-state index contributed by atoms with van der Waals surface area (Å²) in [5.41, 5.74) is 3.07. The number of nitrogens with zero attached hydrogens (tertiary/aromatic N) is 1. The van der Waals surface area contributed by atoms with Crippen molar-refractivity contribution >= 4 is 44.9 Å². The predicted octanol–water partition coefficient (Wildman–Crippen LogP) is 5.19. The molecule has 8 heteroatoms. The summed E-state index contributed by atoms with van der Waals surface area (Å²) >= 11 is 3.42. The van der Waals surface area contributed by atoms with E-state index < -0.39 is 0 Å². The largest absolute Gasteiger partial charge is 0.323 e. The first-order valence-electron chi connectivity index (χ1n) is 8.72. The van der Waals surface area contributed by atoms with Gasteiger partial charge in [0.1, 0.15) is 0 Å². The van der Waals surface area contributed by atoms with Crippen LogP contribution in [0.1, 0.15) is 35.9 Å². The normalized spacial score (nSPS) is 10.6. The van der Waals surface area contributed by atoms with Crippen LogP contribution in [0.25, 0.3) is 0 Å². The number of carbonyl (C=O) groups excluding carboxylic acids is 2. The van der Waals surface area contributed by atoms with Crippen molar-refractivity contribution in [3.8, 4) is 0 Å².